The molecule has 0 saturated heterocycles. The van der Waals surface area contributed by atoms with Gasteiger partial charge in [0.25, 0.3) is 0 Å². The lowest BCUT2D eigenvalue weighted by Gasteiger charge is -2.11. The molecule has 0 fully saturated rings. The fourth-order valence-corrected chi connectivity index (χ4v) is 6.21. The van der Waals surface area contributed by atoms with Gasteiger partial charge in [0, 0.05) is 33.7 Å². The van der Waals surface area contributed by atoms with Gasteiger partial charge in [-0.1, -0.05) is 127 Å². The van der Waals surface area contributed by atoms with E-state index in [4.69, 9.17) is 24.4 Å². The van der Waals surface area contributed by atoms with E-state index in [0.717, 1.165) is 71.4 Å². The highest BCUT2D eigenvalue weighted by Crippen LogP contribution is 2.40. The van der Waals surface area contributed by atoms with Crippen LogP contribution in [0.5, 0.6) is 0 Å². The van der Waals surface area contributed by atoms with E-state index in [0.29, 0.717) is 17.5 Å². The summed E-state index contributed by atoms with van der Waals surface area (Å²) in [5, 5.41) is 5.37. The smallest absolute Gasteiger partial charge is 0.164 e. The lowest BCUT2D eigenvalue weighted by molar-refractivity contribution is 0.672. The molecular weight excluding hydrogens is 552 g/mol. The van der Waals surface area contributed by atoms with Gasteiger partial charge < -0.3 is 4.42 Å². The SMILES string of the molecule is c1ccc(-c2nc(-c3ccccc3)nc(-c3ccc4c(-c5cccc6oc7c8ccccc8cnc7c56)cccc4c3)n2)cc1. The normalized spacial score (nSPS) is 11.6. The third-order valence-corrected chi connectivity index (χ3v) is 8.36. The lowest BCUT2D eigenvalue weighted by atomic mass is 9.94. The Morgan fingerprint density at radius 3 is 1.82 bits per heavy atom. The minimum absolute atomic E-state index is 0.633. The van der Waals surface area contributed by atoms with Gasteiger partial charge in [0.1, 0.15) is 11.1 Å². The monoisotopic (exact) mass is 576 g/mol. The van der Waals surface area contributed by atoms with Crippen molar-refractivity contribution >= 4 is 43.6 Å². The molecule has 0 N–H and O–H groups in total. The number of rotatable bonds is 4. The van der Waals surface area contributed by atoms with Crippen molar-refractivity contribution < 1.29 is 4.42 Å². The topological polar surface area (TPSA) is 64.7 Å². The Morgan fingerprint density at radius 1 is 0.444 bits per heavy atom. The minimum atomic E-state index is 0.633. The average Bonchev–Trinajstić information content (AvgIpc) is 3.51. The van der Waals surface area contributed by atoms with Crippen LogP contribution in [0.3, 0.4) is 0 Å². The van der Waals surface area contributed by atoms with Crippen LogP contribution in [-0.2, 0) is 0 Å². The summed E-state index contributed by atoms with van der Waals surface area (Å²) in [5.41, 5.74) is 7.55. The number of furan rings is 1. The average molecular weight is 577 g/mol. The van der Waals surface area contributed by atoms with Crippen molar-refractivity contribution in [3.05, 3.63) is 146 Å². The summed E-state index contributed by atoms with van der Waals surface area (Å²) < 4.78 is 6.43. The second kappa shape index (κ2) is 10.2. The Kier molecular flexibility index (Phi) is 5.74. The predicted octanol–water partition coefficient (Wildman–Crippen LogP) is 10.1. The van der Waals surface area contributed by atoms with Crippen molar-refractivity contribution in [3.8, 4) is 45.3 Å². The maximum Gasteiger partial charge on any atom is 0.164 e. The summed E-state index contributed by atoms with van der Waals surface area (Å²) in [7, 11) is 0. The van der Waals surface area contributed by atoms with Crippen LogP contribution in [-0.4, -0.2) is 19.9 Å². The third-order valence-electron chi connectivity index (χ3n) is 8.36. The number of fused-ring (bicyclic) bond motifs is 6. The standard InChI is InChI=1S/C40H24N4O/c1-3-11-25(12-4-1)38-42-39(26-13-5-2-6-14-26)44-40(43-38)28-21-22-30-27(23-28)16-9-18-32(30)33-19-10-20-34-35(33)36-37(45-34)31-17-8-7-15-29(31)24-41-36/h1-24H. The van der Waals surface area contributed by atoms with Crippen molar-refractivity contribution in [2.45, 2.75) is 0 Å². The minimum Gasteiger partial charge on any atom is -0.454 e. The van der Waals surface area contributed by atoms with E-state index >= 15 is 0 Å². The Bertz CT molecular complexity index is 2480. The van der Waals surface area contributed by atoms with Crippen LogP contribution in [0.4, 0.5) is 0 Å². The number of nitrogens with zero attached hydrogens (tertiary/aromatic N) is 4. The summed E-state index contributed by atoms with van der Waals surface area (Å²) in [6.45, 7) is 0. The fourth-order valence-electron chi connectivity index (χ4n) is 6.21. The molecule has 5 heteroatoms. The molecule has 0 spiro atoms. The fraction of sp³-hybridized carbons (Fsp3) is 0. The second-order valence-electron chi connectivity index (χ2n) is 11.1. The first-order valence-corrected chi connectivity index (χ1v) is 14.9. The molecule has 3 aromatic heterocycles. The number of hydrogen-bond donors (Lipinski definition) is 0. The van der Waals surface area contributed by atoms with Crippen LogP contribution in [0.25, 0.3) is 88.9 Å². The second-order valence-corrected chi connectivity index (χ2v) is 11.1. The highest BCUT2D eigenvalue weighted by Gasteiger charge is 2.18. The van der Waals surface area contributed by atoms with E-state index in [2.05, 4.69) is 60.7 Å². The van der Waals surface area contributed by atoms with Gasteiger partial charge in [-0.25, -0.2) is 15.0 Å². The van der Waals surface area contributed by atoms with E-state index in [-0.39, 0.29) is 0 Å². The van der Waals surface area contributed by atoms with Gasteiger partial charge in [-0.05, 0) is 34.0 Å². The molecule has 0 bridgehead atoms. The number of hydrogen-bond acceptors (Lipinski definition) is 5. The molecule has 5 nitrogen and oxygen atoms in total. The van der Waals surface area contributed by atoms with E-state index in [1.54, 1.807) is 0 Å². The maximum atomic E-state index is 6.43. The molecule has 0 amide bonds. The van der Waals surface area contributed by atoms with Crippen LogP contribution in [0, 0.1) is 0 Å². The van der Waals surface area contributed by atoms with Gasteiger partial charge in [-0.2, -0.15) is 0 Å². The van der Waals surface area contributed by atoms with E-state index in [1.807, 2.05) is 85.1 Å². The number of aromatic nitrogens is 4. The molecule has 0 aliphatic heterocycles. The van der Waals surface area contributed by atoms with Gasteiger partial charge in [-0.3, -0.25) is 4.98 Å². The van der Waals surface area contributed by atoms with Crippen LogP contribution in [0.2, 0.25) is 0 Å². The molecule has 3 heterocycles. The number of pyridine rings is 1. The lowest BCUT2D eigenvalue weighted by Crippen LogP contribution is -2.00. The van der Waals surface area contributed by atoms with Crippen molar-refractivity contribution in [2.75, 3.05) is 0 Å². The quantitative estimate of drug-likeness (QED) is 0.209. The number of benzene rings is 6. The Balaban J connectivity index is 1.22. The van der Waals surface area contributed by atoms with E-state index in [1.165, 1.54) is 0 Å². The molecule has 45 heavy (non-hydrogen) atoms. The van der Waals surface area contributed by atoms with E-state index in [9.17, 15) is 0 Å². The molecule has 9 rings (SSSR count). The van der Waals surface area contributed by atoms with Crippen LogP contribution in [0.15, 0.2) is 150 Å². The Morgan fingerprint density at radius 2 is 1.07 bits per heavy atom. The Labute approximate surface area is 258 Å². The van der Waals surface area contributed by atoms with Crippen molar-refractivity contribution in [1.82, 2.24) is 19.9 Å². The molecule has 9 aromatic rings. The molecule has 0 unspecified atom stereocenters. The van der Waals surface area contributed by atoms with Crippen molar-refractivity contribution in [1.29, 1.82) is 0 Å². The molecule has 0 aliphatic carbocycles. The molecule has 0 atom stereocenters. The summed E-state index contributed by atoms with van der Waals surface area (Å²) >= 11 is 0. The molecule has 6 aromatic carbocycles. The first-order chi connectivity index (χ1) is 22.3. The summed E-state index contributed by atoms with van der Waals surface area (Å²) in [6.07, 6.45) is 1.93. The van der Waals surface area contributed by atoms with Gasteiger partial charge in [0.05, 0.1) is 5.39 Å². The first-order valence-electron chi connectivity index (χ1n) is 14.9. The summed E-state index contributed by atoms with van der Waals surface area (Å²) in [4.78, 5) is 19.6. The van der Waals surface area contributed by atoms with Gasteiger partial charge in [0.15, 0.2) is 23.1 Å². The van der Waals surface area contributed by atoms with Gasteiger partial charge in [0.2, 0.25) is 0 Å². The van der Waals surface area contributed by atoms with Crippen LogP contribution >= 0.6 is 0 Å². The van der Waals surface area contributed by atoms with Gasteiger partial charge >= 0.3 is 0 Å². The first kappa shape index (κ1) is 25.3. The predicted molar refractivity (Wildman–Crippen MR) is 182 cm³/mol. The van der Waals surface area contributed by atoms with Crippen LogP contribution < -0.4 is 0 Å². The zero-order valence-corrected chi connectivity index (χ0v) is 24.1. The molecular formula is C40H24N4O. The molecule has 210 valence electrons. The van der Waals surface area contributed by atoms with E-state index < -0.39 is 0 Å². The maximum absolute atomic E-state index is 6.43. The van der Waals surface area contributed by atoms with Crippen LogP contribution in [0.1, 0.15) is 0 Å². The highest BCUT2D eigenvalue weighted by atomic mass is 16.3. The molecule has 0 radical (unpaired) electrons. The zero-order chi connectivity index (χ0) is 29.7. The zero-order valence-electron chi connectivity index (χ0n) is 24.1. The largest absolute Gasteiger partial charge is 0.454 e. The Hall–Kier alpha value is -6.20. The summed E-state index contributed by atoms with van der Waals surface area (Å²) in [6, 6.07) is 47.4. The summed E-state index contributed by atoms with van der Waals surface area (Å²) in [5.74, 6) is 1.92. The van der Waals surface area contributed by atoms with Crippen molar-refractivity contribution in [3.63, 3.8) is 0 Å². The molecule has 0 saturated carbocycles. The highest BCUT2D eigenvalue weighted by molar-refractivity contribution is 6.18. The third kappa shape index (κ3) is 4.25. The molecule has 0 aliphatic rings. The van der Waals surface area contributed by atoms with Crippen molar-refractivity contribution in [2.24, 2.45) is 0 Å². The van der Waals surface area contributed by atoms with Gasteiger partial charge in [-0.15, -0.1) is 0 Å².